The molecule has 0 aromatic carbocycles. The third-order valence-corrected chi connectivity index (χ3v) is 9.51. The fraction of sp³-hybridized carbons (Fsp3) is 0.891. The highest BCUT2D eigenvalue weighted by Crippen LogP contribution is 1.84. The standard InChI is InChI=1S/C4H9NO.2C3H9NO2S.C3H7NO.2C3H9N.2C3H8O2S.C3H6O2.2C3H6O.2C3H8.C2H7NO2S.2C2H6O2S/c1-4(6)5(2)3;2*1-4(2)7(3,5)6;1-3(5)4-2;2*1-4(2)3;2*1-3-6(2,4)5;1-3(4)5-2;2*1-3(2)4;2*1-3-2;1-3-6(2,4)5;2*1-5(2,3)4/h1-3H3;2*1-3H3;1-2H3,(H,4,5);2*1-3H3;2*3H2,1-2H3;1-2H3;2*1-2H3;2*3H2,1-2H3;3H,1-2H3;2*1-2H3. The number of sulfone groups is 4. The summed E-state index contributed by atoms with van der Waals surface area (Å²) in [6, 6.07) is 0. The summed E-state index contributed by atoms with van der Waals surface area (Å²) < 4.78 is 148. The molecule has 0 heterocycles. The van der Waals surface area contributed by atoms with Gasteiger partial charge in [0.1, 0.15) is 50.9 Å². The lowest BCUT2D eigenvalue weighted by Gasteiger charge is -2.02. The third kappa shape index (κ3) is 603. The molecule has 0 aromatic rings. The SMILES string of the molecule is CC(=O)N(C)C.CC(C)=O.CC(C)=O.CCC.CCC.CCS(C)(=O)=O.CCS(C)(=O)=O.CN(C)C.CN(C)C.CN(C)S(C)(=O)=O.CN(C)S(C)(=O)=O.CNC(C)=O.CNS(C)(=O)=O.COC(C)=O.CS(C)(=O)=O.CS(C)(=O)=O. The van der Waals surface area contributed by atoms with Crippen LogP contribution in [-0.2, 0) is 98.1 Å². The van der Waals surface area contributed by atoms with E-state index in [4.69, 9.17) is 0 Å². The first-order valence-corrected chi connectivity index (χ1v) is 37.7. The van der Waals surface area contributed by atoms with Gasteiger partial charge in [0.2, 0.25) is 41.9 Å². The second-order valence-electron chi connectivity index (χ2n) is 17.6. The molecule has 0 radical (unpaired) electrons. The van der Waals surface area contributed by atoms with Crippen LogP contribution in [0.1, 0.15) is 103 Å². The Morgan fingerprint density at radius 2 is 0.475 bits per heavy atom. The molecule has 0 unspecified atom stereocenters. The average molecular weight is 1320 g/mol. The molecule has 2 N–H and O–H groups in total. The number of rotatable bonds is 5. The Balaban J connectivity index is -0.0000000392. The molecule has 0 aromatic heterocycles. The summed E-state index contributed by atoms with van der Waals surface area (Å²) in [5.74, 6) is 0.671. The van der Waals surface area contributed by atoms with E-state index in [2.05, 4.69) is 42.5 Å². The molecule has 0 aliphatic rings. The Labute approximate surface area is 493 Å². The molecule has 0 aliphatic carbocycles. The van der Waals surface area contributed by atoms with Crippen LogP contribution in [0.2, 0.25) is 0 Å². The fourth-order valence-corrected chi connectivity index (χ4v) is 0. The highest BCUT2D eigenvalue weighted by atomic mass is 32.2. The zero-order valence-electron chi connectivity index (χ0n) is 56.6. The Bertz CT molecular complexity index is 2000. The Kier molecular flexibility index (Phi) is 111. The summed E-state index contributed by atoms with van der Waals surface area (Å²) in [6.07, 6.45) is 13.0. The molecule has 0 atom stereocenters. The number of ketones is 2. The van der Waals surface area contributed by atoms with Gasteiger partial charge in [0.25, 0.3) is 0 Å². The van der Waals surface area contributed by atoms with Gasteiger partial charge < -0.3 is 34.3 Å². The van der Waals surface area contributed by atoms with Crippen LogP contribution in [0.3, 0.4) is 0 Å². The average Bonchev–Trinajstić information content (AvgIpc) is 3.16. The maximum absolute atomic E-state index is 10.3. The maximum atomic E-state index is 10.3. The molecule has 0 saturated heterocycles. The van der Waals surface area contributed by atoms with Gasteiger partial charge in [0.05, 0.1) is 25.9 Å². The number of esters is 1. The molecule has 80 heavy (non-hydrogen) atoms. The van der Waals surface area contributed by atoms with E-state index in [0.717, 1.165) is 52.4 Å². The number of hydrogen-bond acceptors (Lipinski definition) is 22. The number of nitrogens with one attached hydrogen (secondary N) is 2. The van der Waals surface area contributed by atoms with Gasteiger partial charge in [-0.25, -0.2) is 72.3 Å². The minimum atomic E-state index is -2.91. The molecule has 0 saturated carbocycles. The van der Waals surface area contributed by atoms with Crippen LogP contribution in [0, 0.1) is 0 Å². The minimum Gasteiger partial charge on any atom is -0.469 e. The topological polar surface area (TPSA) is 374 Å². The van der Waals surface area contributed by atoms with Crippen LogP contribution in [0.5, 0.6) is 0 Å². The number of hydrogen-bond donors (Lipinski definition) is 2. The minimum absolute atomic E-state index is 0.00463. The van der Waals surface area contributed by atoms with Gasteiger partial charge in [-0.3, -0.25) is 14.4 Å². The van der Waals surface area contributed by atoms with Crippen molar-refractivity contribution in [3.63, 3.8) is 0 Å². The number of methoxy groups -OCH3 is 1. The summed E-state index contributed by atoms with van der Waals surface area (Å²) in [5, 5.41) is 2.39. The van der Waals surface area contributed by atoms with E-state index in [0.29, 0.717) is 0 Å². The molecule has 0 rings (SSSR count). The molecule has 502 valence electrons. The van der Waals surface area contributed by atoms with E-state index < -0.39 is 69.4 Å². The van der Waals surface area contributed by atoms with Crippen molar-refractivity contribution >= 4 is 98.8 Å². The van der Waals surface area contributed by atoms with Crippen molar-refractivity contribution in [3.05, 3.63) is 0 Å². The molecule has 34 heteroatoms. The zero-order valence-corrected chi connectivity index (χ0v) is 62.3. The fourth-order valence-electron chi connectivity index (χ4n) is 0. The van der Waals surface area contributed by atoms with Gasteiger partial charge in [-0.15, -0.1) is 0 Å². The van der Waals surface area contributed by atoms with Crippen molar-refractivity contribution in [1.29, 1.82) is 0 Å². The molecule has 0 aliphatic heterocycles. The van der Waals surface area contributed by atoms with Crippen LogP contribution in [0.15, 0.2) is 0 Å². The first kappa shape index (κ1) is 120. The van der Waals surface area contributed by atoms with Crippen molar-refractivity contribution < 1.29 is 87.6 Å². The zero-order chi connectivity index (χ0) is 70.2. The van der Waals surface area contributed by atoms with Gasteiger partial charge in [-0.05, 0) is 77.0 Å². The van der Waals surface area contributed by atoms with Crippen LogP contribution in [0.4, 0.5) is 0 Å². The molecule has 0 spiro atoms. The second kappa shape index (κ2) is 74.2. The predicted octanol–water partition coefficient (Wildman–Crippen LogP) is 2.01. The van der Waals surface area contributed by atoms with Gasteiger partial charge in [-0.1, -0.05) is 54.4 Å². The number of amides is 2. The van der Waals surface area contributed by atoms with E-state index in [9.17, 15) is 82.9 Å². The van der Waals surface area contributed by atoms with E-state index in [-0.39, 0.29) is 40.9 Å². The van der Waals surface area contributed by atoms with Crippen molar-refractivity contribution in [2.45, 2.75) is 103 Å². The van der Waals surface area contributed by atoms with Crippen LogP contribution in [-0.4, -0.2) is 285 Å². The number of sulfonamides is 3. The number of ether oxygens (including phenoxy) is 1. The van der Waals surface area contributed by atoms with Crippen molar-refractivity contribution in [2.24, 2.45) is 0 Å². The number of Topliss-reactive ketones (excluding diaryl/α,β-unsaturated/α-hetero) is 2. The highest BCUT2D eigenvalue weighted by molar-refractivity contribution is 7.91. The summed E-state index contributed by atoms with van der Waals surface area (Å²) >= 11 is 0. The number of nitrogens with zero attached hydrogens (tertiary/aromatic N) is 5. The first-order valence-electron chi connectivity index (χ1n) is 23.4. The number of carbonyl (C=O) groups excluding carboxylic acids is 5. The van der Waals surface area contributed by atoms with Crippen molar-refractivity contribution in [3.8, 4) is 0 Å². The van der Waals surface area contributed by atoms with Gasteiger partial charge in [0.15, 0.2) is 0 Å². The van der Waals surface area contributed by atoms with Gasteiger partial charge in [-0.2, -0.15) is 0 Å². The third-order valence-electron chi connectivity index (χ3n) is 4.02. The Morgan fingerprint density at radius 3 is 0.475 bits per heavy atom. The second-order valence-corrected chi connectivity index (χ2v) is 33.4. The van der Waals surface area contributed by atoms with Crippen molar-refractivity contribution in [2.75, 3.05) is 174 Å². The first-order chi connectivity index (χ1) is 34.5. The van der Waals surface area contributed by atoms with Gasteiger partial charge >= 0.3 is 5.97 Å². The Hall–Kier alpha value is -2.80. The van der Waals surface area contributed by atoms with Crippen LogP contribution in [0.25, 0.3) is 0 Å². The summed E-state index contributed by atoms with van der Waals surface area (Å²) in [5.41, 5.74) is 0. The molecule has 0 bridgehead atoms. The largest absolute Gasteiger partial charge is 0.469 e. The molecular formula is C46H121N7O20S7. The molecule has 27 nitrogen and oxygen atoms in total. The quantitative estimate of drug-likeness (QED) is 0.372. The van der Waals surface area contributed by atoms with E-state index in [1.165, 1.54) is 121 Å². The van der Waals surface area contributed by atoms with E-state index >= 15 is 0 Å². The molecule has 2 amide bonds. The Morgan fingerprint density at radius 1 is 0.400 bits per heavy atom. The monoisotopic (exact) mass is 1320 g/mol. The van der Waals surface area contributed by atoms with Crippen molar-refractivity contribution in [1.82, 2.24) is 33.3 Å². The normalized spacial score (nSPS) is 9.71. The van der Waals surface area contributed by atoms with E-state index in [1.807, 2.05) is 52.1 Å². The lowest BCUT2D eigenvalue weighted by molar-refractivity contribution is -0.138. The van der Waals surface area contributed by atoms with Crippen LogP contribution < -0.4 is 10.0 Å². The lowest BCUT2D eigenvalue weighted by Crippen LogP contribution is -2.19. The summed E-state index contributed by atoms with van der Waals surface area (Å²) in [4.78, 5) is 53.8. The molecular weight excluding hydrogens is 1200 g/mol. The summed E-state index contributed by atoms with van der Waals surface area (Å²) in [6.45, 7) is 22.2. The van der Waals surface area contributed by atoms with E-state index in [1.54, 1.807) is 35.0 Å². The highest BCUT2D eigenvalue weighted by Gasteiger charge is 2.01. The predicted molar refractivity (Wildman–Crippen MR) is 339 cm³/mol. The molecule has 0 fully saturated rings. The van der Waals surface area contributed by atoms with Crippen LogP contribution >= 0.6 is 0 Å². The number of carbonyl (C=O) groups is 5. The smallest absolute Gasteiger partial charge is 0.302 e. The summed E-state index contributed by atoms with van der Waals surface area (Å²) in [7, 11) is 6.37. The maximum Gasteiger partial charge on any atom is 0.302 e. The lowest BCUT2D eigenvalue weighted by atomic mass is 10.6. The van der Waals surface area contributed by atoms with Gasteiger partial charge in [0, 0.05) is 119 Å².